The molecule has 1 saturated heterocycles. The summed E-state index contributed by atoms with van der Waals surface area (Å²) in [6, 6.07) is 12.3. The van der Waals surface area contributed by atoms with Crippen LogP contribution in [0.1, 0.15) is 28.9 Å². The molecule has 3 N–H and O–H groups in total. The van der Waals surface area contributed by atoms with Crippen LogP contribution in [0.4, 0.5) is 24.5 Å². The Kier molecular flexibility index (Phi) is 7.25. The minimum absolute atomic E-state index is 0.00298. The van der Waals surface area contributed by atoms with Crippen molar-refractivity contribution in [2.24, 2.45) is 5.73 Å². The number of benzene rings is 2. The van der Waals surface area contributed by atoms with Gasteiger partial charge in [-0.1, -0.05) is 18.2 Å². The van der Waals surface area contributed by atoms with Gasteiger partial charge in [-0.15, -0.1) is 11.3 Å². The molecule has 1 fully saturated rings. The summed E-state index contributed by atoms with van der Waals surface area (Å²) in [7, 11) is 0. The maximum atomic E-state index is 14.7. The first kappa shape index (κ1) is 25.6. The molecule has 0 unspecified atom stereocenters. The van der Waals surface area contributed by atoms with Gasteiger partial charge in [0.2, 0.25) is 0 Å². The molecule has 0 saturated carbocycles. The van der Waals surface area contributed by atoms with Gasteiger partial charge >= 0.3 is 6.18 Å². The largest absolute Gasteiger partial charge is 0.457 e. The van der Waals surface area contributed by atoms with Crippen LogP contribution in [0.25, 0.3) is 10.6 Å². The number of nitrogens with zero attached hydrogens (tertiary/aromatic N) is 4. The van der Waals surface area contributed by atoms with Crippen LogP contribution in [-0.4, -0.2) is 40.2 Å². The van der Waals surface area contributed by atoms with Crippen LogP contribution < -0.4 is 20.7 Å². The highest BCUT2D eigenvalue weighted by atomic mass is 32.1. The van der Waals surface area contributed by atoms with E-state index in [9.17, 15) is 18.0 Å². The number of nitrogens with two attached hydrogens (primary N) is 1. The highest BCUT2D eigenvalue weighted by Crippen LogP contribution is 2.49. The van der Waals surface area contributed by atoms with Crippen molar-refractivity contribution >= 4 is 28.6 Å². The molecular weight excluding hydrogens is 517 g/mol. The predicted molar refractivity (Wildman–Crippen MR) is 138 cm³/mol. The van der Waals surface area contributed by atoms with E-state index in [1.54, 1.807) is 46.7 Å². The van der Waals surface area contributed by atoms with E-state index in [4.69, 9.17) is 10.5 Å². The molecule has 1 aliphatic rings. The summed E-state index contributed by atoms with van der Waals surface area (Å²) in [5.41, 5.74) is 5.54. The number of ether oxygens (including phenoxy) is 1. The summed E-state index contributed by atoms with van der Waals surface area (Å²) in [5, 5.41) is 12.3. The SMILES string of the molecule is NC[C@H]1CCCN1c1c(NC(=O)c2csc(-c3ccnnc3)n2)ccc(Oc2ccccc2)c1C(F)(F)F. The second-order valence-corrected chi connectivity index (χ2v) is 9.45. The summed E-state index contributed by atoms with van der Waals surface area (Å²) in [6.07, 6.45) is -0.444. The molecule has 2 aromatic heterocycles. The smallest absolute Gasteiger partial charge is 0.422 e. The molecule has 0 spiro atoms. The first-order chi connectivity index (χ1) is 18.3. The van der Waals surface area contributed by atoms with Crippen LogP contribution in [-0.2, 0) is 6.18 Å². The van der Waals surface area contributed by atoms with E-state index in [1.807, 2.05) is 0 Å². The molecule has 4 aromatic rings. The molecule has 0 aliphatic carbocycles. The Morgan fingerprint density at radius 2 is 1.97 bits per heavy atom. The third-order valence-electron chi connectivity index (χ3n) is 6.15. The summed E-state index contributed by atoms with van der Waals surface area (Å²) in [6.45, 7) is 0.530. The number of carbonyl (C=O) groups excluding carboxylic acids is 1. The summed E-state index contributed by atoms with van der Waals surface area (Å²) < 4.78 is 49.7. The van der Waals surface area contributed by atoms with Gasteiger partial charge in [0.1, 0.15) is 27.8 Å². The van der Waals surface area contributed by atoms with Gasteiger partial charge in [-0.25, -0.2) is 4.98 Å². The normalized spacial score (nSPS) is 15.5. The number of nitrogens with one attached hydrogen (secondary N) is 1. The number of carbonyl (C=O) groups is 1. The van der Waals surface area contributed by atoms with Crippen molar-refractivity contribution in [3.63, 3.8) is 0 Å². The number of alkyl halides is 3. The number of anilines is 2. The number of halogens is 3. The number of hydrogen-bond donors (Lipinski definition) is 2. The van der Waals surface area contributed by atoms with Gasteiger partial charge in [-0.05, 0) is 43.2 Å². The minimum Gasteiger partial charge on any atom is -0.457 e. The summed E-state index contributed by atoms with van der Waals surface area (Å²) >= 11 is 1.22. The average Bonchev–Trinajstić information content (AvgIpc) is 3.60. The zero-order valence-corrected chi connectivity index (χ0v) is 20.8. The van der Waals surface area contributed by atoms with E-state index < -0.39 is 17.6 Å². The molecule has 1 aliphatic heterocycles. The van der Waals surface area contributed by atoms with Crippen molar-refractivity contribution in [2.45, 2.75) is 25.1 Å². The maximum Gasteiger partial charge on any atom is 0.422 e. The predicted octanol–water partition coefficient (Wildman–Crippen LogP) is 5.59. The fourth-order valence-electron chi connectivity index (χ4n) is 4.44. The van der Waals surface area contributed by atoms with Gasteiger partial charge in [0.05, 0.1) is 23.8 Å². The van der Waals surface area contributed by atoms with Gasteiger partial charge in [0.25, 0.3) is 5.91 Å². The van der Waals surface area contributed by atoms with Crippen molar-refractivity contribution in [2.75, 3.05) is 23.3 Å². The first-order valence-electron chi connectivity index (χ1n) is 11.8. The fraction of sp³-hybridized carbons (Fsp3) is 0.231. The fourth-order valence-corrected chi connectivity index (χ4v) is 5.23. The molecule has 1 atom stereocenters. The third-order valence-corrected chi connectivity index (χ3v) is 7.04. The number of thiazole rings is 1. The topological polar surface area (TPSA) is 106 Å². The van der Waals surface area contributed by atoms with Crippen molar-refractivity contribution in [3.05, 3.63) is 77.6 Å². The lowest BCUT2D eigenvalue weighted by molar-refractivity contribution is -0.138. The number of aromatic nitrogens is 3. The average molecular weight is 541 g/mol. The minimum atomic E-state index is -4.77. The first-order valence-corrected chi connectivity index (χ1v) is 12.7. The summed E-state index contributed by atoms with van der Waals surface area (Å²) in [5.74, 6) is -0.734. The summed E-state index contributed by atoms with van der Waals surface area (Å²) in [4.78, 5) is 19.1. The number of para-hydroxylation sites is 1. The Morgan fingerprint density at radius 3 is 2.68 bits per heavy atom. The van der Waals surface area contributed by atoms with Crippen LogP contribution in [0.5, 0.6) is 11.5 Å². The van der Waals surface area contributed by atoms with Crippen LogP contribution in [0.2, 0.25) is 0 Å². The zero-order chi connectivity index (χ0) is 26.7. The second kappa shape index (κ2) is 10.8. The number of rotatable bonds is 7. The highest BCUT2D eigenvalue weighted by molar-refractivity contribution is 7.13. The lowest BCUT2D eigenvalue weighted by atomic mass is 10.1. The molecule has 0 radical (unpaired) electrons. The van der Waals surface area contributed by atoms with Gasteiger partial charge in [0.15, 0.2) is 0 Å². The van der Waals surface area contributed by atoms with E-state index in [1.165, 1.54) is 35.9 Å². The molecule has 38 heavy (non-hydrogen) atoms. The standard InChI is InChI=1S/C26H23F3N6O2S/c27-26(28,29)22-21(37-18-6-2-1-3-7-18)9-8-19(23(22)35-12-4-5-17(35)13-30)33-24(36)20-15-38-25(34-20)16-10-11-31-32-14-16/h1-3,6-11,14-15,17H,4-5,12-13,30H2,(H,33,36)/t17-/m1/s1. The molecule has 8 nitrogen and oxygen atoms in total. The Bertz CT molecular complexity index is 1420. The van der Waals surface area contributed by atoms with Crippen LogP contribution >= 0.6 is 11.3 Å². The molecule has 0 bridgehead atoms. The Morgan fingerprint density at radius 1 is 1.16 bits per heavy atom. The Hall–Kier alpha value is -4.03. The molecule has 2 aromatic carbocycles. The molecule has 3 heterocycles. The lowest BCUT2D eigenvalue weighted by Crippen LogP contribution is -2.37. The van der Waals surface area contributed by atoms with Crippen molar-refractivity contribution in [3.8, 4) is 22.1 Å². The Labute approximate surface area is 220 Å². The van der Waals surface area contributed by atoms with E-state index >= 15 is 0 Å². The zero-order valence-electron chi connectivity index (χ0n) is 20.0. The van der Waals surface area contributed by atoms with Crippen molar-refractivity contribution < 1.29 is 22.7 Å². The van der Waals surface area contributed by atoms with E-state index in [0.717, 1.165) is 0 Å². The third kappa shape index (κ3) is 5.31. The van der Waals surface area contributed by atoms with Gasteiger partial charge in [-0.2, -0.15) is 23.4 Å². The van der Waals surface area contributed by atoms with E-state index in [0.29, 0.717) is 30.0 Å². The van der Waals surface area contributed by atoms with Crippen LogP contribution in [0.15, 0.2) is 66.3 Å². The number of amides is 1. The van der Waals surface area contributed by atoms with E-state index in [2.05, 4.69) is 20.5 Å². The van der Waals surface area contributed by atoms with Gasteiger partial charge in [0, 0.05) is 30.1 Å². The molecule has 5 rings (SSSR count). The van der Waals surface area contributed by atoms with Crippen molar-refractivity contribution in [1.29, 1.82) is 0 Å². The van der Waals surface area contributed by atoms with Crippen LogP contribution in [0.3, 0.4) is 0 Å². The quantitative estimate of drug-likeness (QED) is 0.315. The van der Waals surface area contributed by atoms with Gasteiger partial charge < -0.3 is 20.7 Å². The maximum absolute atomic E-state index is 14.7. The lowest BCUT2D eigenvalue weighted by Gasteiger charge is -2.31. The molecule has 1 amide bonds. The van der Waals surface area contributed by atoms with Crippen LogP contribution in [0, 0.1) is 0 Å². The molecular formula is C26H23F3N6O2S. The number of hydrogen-bond acceptors (Lipinski definition) is 8. The Balaban J connectivity index is 1.56. The van der Waals surface area contributed by atoms with Gasteiger partial charge in [-0.3, -0.25) is 4.79 Å². The van der Waals surface area contributed by atoms with E-state index in [-0.39, 0.29) is 41.2 Å². The second-order valence-electron chi connectivity index (χ2n) is 8.60. The highest BCUT2D eigenvalue weighted by Gasteiger charge is 2.42. The monoisotopic (exact) mass is 540 g/mol. The molecule has 12 heteroatoms. The molecule has 196 valence electrons. The van der Waals surface area contributed by atoms with Crippen molar-refractivity contribution in [1.82, 2.24) is 15.2 Å².